The molecule has 1 N–H and O–H groups in total. The first-order chi connectivity index (χ1) is 8.84. The Bertz CT molecular complexity index is 546. The molecule has 0 radical (unpaired) electrons. The second-order valence-electron chi connectivity index (χ2n) is 4.52. The van der Waals surface area contributed by atoms with Crippen molar-refractivity contribution in [2.75, 3.05) is 5.01 Å². The number of nitrogens with zero attached hydrogens (tertiary/aromatic N) is 1. The van der Waals surface area contributed by atoms with E-state index in [-0.39, 0.29) is 6.04 Å². The van der Waals surface area contributed by atoms with Crippen LogP contribution >= 0.6 is 0 Å². The zero-order valence-electron chi connectivity index (χ0n) is 10.4. The van der Waals surface area contributed by atoms with Crippen molar-refractivity contribution in [1.82, 2.24) is 5.43 Å². The molecule has 0 fully saturated rings. The molecule has 0 saturated carbocycles. The summed E-state index contributed by atoms with van der Waals surface area (Å²) in [6.45, 7) is 2.10. The summed E-state index contributed by atoms with van der Waals surface area (Å²) in [7, 11) is 0. The molecule has 2 aromatic carbocycles. The predicted molar refractivity (Wildman–Crippen MR) is 75.0 cm³/mol. The SMILES string of the molecule is CC1=CC(c2ccccc2)N(c2ccccc2)N1. The fourth-order valence-corrected chi connectivity index (χ4v) is 2.32. The maximum atomic E-state index is 3.41. The highest BCUT2D eigenvalue weighted by molar-refractivity contribution is 5.52. The third-order valence-corrected chi connectivity index (χ3v) is 3.16. The van der Waals surface area contributed by atoms with Gasteiger partial charge in [-0.05, 0) is 30.7 Å². The van der Waals surface area contributed by atoms with E-state index in [1.54, 1.807) is 0 Å². The lowest BCUT2D eigenvalue weighted by molar-refractivity contribution is 0.704. The Morgan fingerprint density at radius 2 is 1.50 bits per heavy atom. The molecule has 0 aliphatic carbocycles. The van der Waals surface area contributed by atoms with E-state index in [2.05, 4.69) is 78.0 Å². The highest BCUT2D eigenvalue weighted by atomic mass is 15.5. The average molecular weight is 236 g/mol. The summed E-state index contributed by atoms with van der Waals surface area (Å²) < 4.78 is 0. The Balaban J connectivity index is 1.97. The molecule has 0 amide bonds. The van der Waals surface area contributed by atoms with Gasteiger partial charge in [-0.25, -0.2) is 0 Å². The molecule has 2 nitrogen and oxygen atoms in total. The zero-order chi connectivity index (χ0) is 12.4. The highest BCUT2D eigenvalue weighted by Crippen LogP contribution is 2.31. The van der Waals surface area contributed by atoms with Crippen LogP contribution in [0.2, 0.25) is 0 Å². The summed E-state index contributed by atoms with van der Waals surface area (Å²) in [5.74, 6) is 0. The van der Waals surface area contributed by atoms with E-state index in [9.17, 15) is 0 Å². The molecule has 0 aromatic heterocycles. The van der Waals surface area contributed by atoms with Crippen molar-refractivity contribution < 1.29 is 0 Å². The molecule has 0 spiro atoms. The van der Waals surface area contributed by atoms with E-state index >= 15 is 0 Å². The summed E-state index contributed by atoms with van der Waals surface area (Å²) in [6.07, 6.45) is 2.25. The molecule has 3 rings (SSSR count). The van der Waals surface area contributed by atoms with Gasteiger partial charge in [0, 0.05) is 5.70 Å². The van der Waals surface area contributed by atoms with Gasteiger partial charge in [-0.2, -0.15) is 0 Å². The molecule has 0 bridgehead atoms. The molecule has 1 aliphatic rings. The van der Waals surface area contributed by atoms with E-state index in [1.807, 2.05) is 6.07 Å². The third kappa shape index (κ3) is 1.97. The second-order valence-corrected chi connectivity index (χ2v) is 4.52. The van der Waals surface area contributed by atoms with Crippen LogP contribution in [0.3, 0.4) is 0 Å². The summed E-state index contributed by atoms with van der Waals surface area (Å²) >= 11 is 0. The molecule has 1 unspecified atom stereocenters. The lowest BCUT2D eigenvalue weighted by Crippen LogP contribution is -2.33. The van der Waals surface area contributed by atoms with E-state index in [0.29, 0.717) is 0 Å². The summed E-state index contributed by atoms with van der Waals surface area (Å²) in [6, 6.07) is 21.2. The topological polar surface area (TPSA) is 15.3 Å². The fraction of sp³-hybridized carbons (Fsp3) is 0.125. The number of anilines is 1. The first kappa shape index (κ1) is 10.9. The Kier molecular flexibility index (Phi) is 2.77. The van der Waals surface area contributed by atoms with Gasteiger partial charge < -0.3 is 5.43 Å². The molecule has 0 saturated heterocycles. The van der Waals surface area contributed by atoms with Crippen LogP contribution in [0.4, 0.5) is 5.69 Å². The Hall–Kier alpha value is -2.22. The standard InChI is InChI=1S/C16H16N2/c1-13-12-16(14-8-4-2-5-9-14)18(17-13)15-10-6-3-7-11-15/h2-12,16-17H,1H3. The predicted octanol–water partition coefficient (Wildman–Crippen LogP) is 3.66. The van der Waals surface area contributed by atoms with Gasteiger partial charge in [0.25, 0.3) is 0 Å². The minimum absolute atomic E-state index is 0.258. The quantitative estimate of drug-likeness (QED) is 0.856. The Labute approximate surface area is 108 Å². The molecule has 18 heavy (non-hydrogen) atoms. The number of rotatable bonds is 2. The molecule has 2 heteroatoms. The molecular formula is C16H16N2. The number of nitrogens with one attached hydrogen (secondary N) is 1. The normalized spacial score (nSPS) is 18.4. The van der Waals surface area contributed by atoms with Crippen LogP contribution in [0.15, 0.2) is 72.4 Å². The molecule has 2 aromatic rings. The highest BCUT2D eigenvalue weighted by Gasteiger charge is 2.24. The Morgan fingerprint density at radius 1 is 0.889 bits per heavy atom. The van der Waals surface area contributed by atoms with Gasteiger partial charge >= 0.3 is 0 Å². The van der Waals surface area contributed by atoms with Gasteiger partial charge in [0.05, 0.1) is 11.7 Å². The molecule has 90 valence electrons. The van der Waals surface area contributed by atoms with Crippen LogP contribution in [-0.4, -0.2) is 0 Å². The van der Waals surface area contributed by atoms with E-state index in [4.69, 9.17) is 0 Å². The lowest BCUT2D eigenvalue weighted by Gasteiger charge is -2.27. The van der Waals surface area contributed by atoms with E-state index in [0.717, 1.165) is 0 Å². The maximum Gasteiger partial charge on any atom is 0.0954 e. The van der Waals surface area contributed by atoms with Gasteiger partial charge in [0.2, 0.25) is 0 Å². The van der Waals surface area contributed by atoms with Crippen molar-refractivity contribution in [3.05, 3.63) is 78.0 Å². The maximum absolute atomic E-state index is 3.41. The lowest BCUT2D eigenvalue weighted by atomic mass is 10.1. The number of hydrazine groups is 1. The van der Waals surface area contributed by atoms with Crippen molar-refractivity contribution in [2.45, 2.75) is 13.0 Å². The van der Waals surface area contributed by atoms with Gasteiger partial charge in [0.1, 0.15) is 0 Å². The number of allylic oxidation sites excluding steroid dienone is 1. The third-order valence-electron chi connectivity index (χ3n) is 3.16. The average Bonchev–Trinajstić information content (AvgIpc) is 2.83. The van der Waals surface area contributed by atoms with Gasteiger partial charge in [-0.3, -0.25) is 5.01 Å². The summed E-state index contributed by atoms with van der Waals surface area (Å²) in [5, 5.41) is 2.20. The minimum Gasteiger partial charge on any atom is -0.302 e. The largest absolute Gasteiger partial charge is 0.302 e. The number of hydrogen-bond acceptors (Lipinski definition) is 2. The van der Waals surface area contributed by atoms with Crippen molar-refractivity contribution in [3.8, 4) is 0 Å². The monoisotopic (exact) mass is 236 g/mol. The van der Waals surface area contributed by atoms with Crippen molar-refractivity contribution in [2.24, 2.45) is 0 Å². The van der Waals surface area contributed by atoms with Crippen LogP contribution < -0.4 is 10.4 Å². The summed E-state index contributed by atoms with van der Waals surface area (Å²) in [5.41, 5.74) is 7.08. The zero-order valence-corrected chi connectivity index (χ0v) is 10.4. The van der Waals surface area contributed by atoms with Crippen LogP contribution in [0.5, 0.6) is 0 Å². The number of hydrogen-bond donors (Lipinski definition) is 1. The van der Waals surface area contributed by atoms with Crippen molar-refractivity contribution >= 4 is 5.69 Å². The second kappa shape index (κ2) is 4.57. The molecule has 1 aliphatic heterocycles. The van der Waals surface area contributed by atoms with Crippen LogP contribution in [0, 0.1) is 0 Å². The van der Waals surface area contributed by atoms with Gasteiger partial charge in [0.15, 0.2) is 0 Å². The number of benzene rings is 2. The molecular weight excluding hydrogens is 220 g/mol. The van der Waals surface area contributed by atoms with Gasteiger partial charge in [-0.1, -0.05) is 48.5 Å². The number of para-hydroxylation sites is 1. The van der Waals surface area contributed by atoms with Crippen molar-refractivity contribution in [1.29, 1.82) is 0 Å². The van der Waals surface area contributed by atoms with E-state index in [1.165, 1.54) is 16.9 Å². The first-order valence-corrected chi connectivity index (χ1v) is 6.19. The summed E-state index contributed by atoms with van der Waals surface area (Å²) in [4.78, 5) is 0. The fourth-order valence-electron chi connectivity index (χ4n) is 2.32. The molecule has 1 atom stereocenters. The van der Waals surface area contributed by atoms with Crippen LogP contribution in [-0.2, 0) is 0 Å². The minimum atomic E-state index is 0.258. The smallest absolute Gasteiger partial charge is 0.0954 e. The van der Waals surface area contributed by atoms with Crippen LogP contribution in [0.25, 0.3) is 0 Å². The first-order valence-electron chi connectivity index (χ1n) is 6.19. The van der Waals surface area contributed by atoms with Gasteiger partial charge in [-0.15, -0.1) is 0 Å². The van der Waals surface area contributed by atoms with E-state index < -0.39 is 0 Å². The molecule has 1 heterocycles. The van der Waals surface area contributed by atoms with Crippen molar-refractivity contribution in [3.63, 3.8) is 0 Å². The Morgan fingerprint density at radius 3 is 2.17 bits per heavy atom. The van der Waals surface area contributed by atoms with Crippen LogP contribution in [0.1, 0.15) is 18.5 Å².